The minimum atomic E-state index is 0.824. The number of rotatable bonds is 3. The van der Waals surface area contributed by atoms with Crippen LogP contribution in [-0.4, -0.2) is 14.5 Å². The summed E-state index contributed by atoms with van der Waals surface area (Å²) < 4.78 is 15.2. The molecule has 0 aliphatic rings. The van der Waals surface area contributed by atoms with Crippen LogP contribution in [0.3, 0.4) is 0 Å². The number of hydrogen-bond donors (Lipinski definition) is 0. The molecule has 0 fully saturated rings. The molecule has 0 N–H and O–H groups in total. The van der Waals surface area contributed by atoms with Crippen molar-refractivity contribution in [1.29, 1.82) is 0 Å². The summed E-state index contributed by atoms with van der Waals surface area (Å²) in [6.45, 7) is 2.20. The number of furan rings is 2. The molecule has 3 aromatic carbocycles. The van der Waals surface area contributed by atoms with Gasteiger partial charge in [0.1, 0.15) is 22.4 Å². The van der Waals surface area contributed by atoms with E-state index in [9.17, 15) is 0 Å². The second-order valence-corrected chi connectivity index (χ2v) is 9.33. The smallest absolute Gasteiger partial charge is 0.159 e. The Balaban J connectivity index is 1.45. The molecule has 0 atom stereocenters. The van der Waals surface area contributed by atoms with Crippen LogP contribution in [-0.2, 0) is 6.42 Å². The number of aryl methyl sites for hydroxylation is 1. The van der Waals surface area contributed by atoms with Gasteiger partial charge in [-0.15, -0.1) is 0 Å². The van der Waals surface area contributed by atoms with Gasteiger partial charge in [-0.1, -0.05) is 43.7 Å². The van der Waals surface area contributed by atoms with Crippen molar-refractivity contribution in [1.82, 2.24) is 14.5 Å². The molecule has 5 aromatic heterocycles. The molecule has 0 aliphatic carbocycles. The van der Waals surface area contributed by atoms with Crippen molar-refractivity contribution in [3.63, 3.8) is 0 Å². The van der Waals surface area contributed by atoms with E-state index in [0.717, 1.165) is 84.5 Å². The van der Waals surface area contributed by atoms with Gasteiger partial charge in [-0.05, 0) is 54.4 Å². The lowest BCUT2D eigenvalue weighted by Crippen LogP contribution is -1.95. The molecule has 0 saturated carbocycles. The fourth-order valence-electron chi connectivity index (χ4n) is 5.68. The zero-order valence-corrected chi connectivity index (χ0v) is 19.7. The highest BCUT2D eigenvalue weighted by Gasteiger charge is 2.20. The highest BCUT2D eigenvalue weighted by Crippen LogP contribution is 2.40. The molecular weight excluding hydrogens is 446 g/mol. The Morgan fingerprint density at radius 1 is 0.694 bits per heavy atom. The number of fused-ring (bicyclic) bond motifs is 9. The summed E-state index contributed by atoms with van der Waals surface area (Å²) in [4.78, 5) is 9.37. The van der Waals surface area contributed by atoms with Gasteiger partial charge in [-0.25, -0.2) is 4.98 Å². The third kappa shape index (κ3) is 2.54. The lowest BCUT2D eigenvalue weighted by atomic mass is 10.0. The van der Waals surface area contributed by atoms with Gasteiger partial charge in [-0.3, -0.25) is 9.55 Å². The van der Waals surface area contributed by atoms with Gasteiger partial charge < -0.3 is 8.83 Å². The van der Waals surface area contributed by atoms with Gasteiger partial charge in [0.25, 0.3) is 0 Å². The van der Waals surface area contributed by atoms with E-state index in [-0.39, 0.29) is 0 Å². The molecule has 0 aliphatic heterocycles. The van der Waals surface area contributed by atoms with Crippen LogP contribution in [0.4, 0.5) is 0 Å². The molecule has 8 rings (SSSR count). The van der Waals surface area contributed by atoms with Crippen LogP contribution in [0.5, 0.6) is 0 Å². The third-order valence-corrected chi connectivity index (χ3v) is 7.22. The summed E-state index contributed by atoms with van der Waals surface area (Å²) in [5.41, 5.74) is 8.53. The quantitative estimate of drug-likeness (QED) is 0.262. The summed E-state index contributed by atoms with van der Waals surface area (Å²) in [5.74, 6) is 0. The zero-order chi connectivity index (χ0) is 23.8. The van der Waals surface area contributed by atoms with Gasteiger partial charge in [0.15, 0.2) is 5.58 Å². The Morgan fingerprint density at radius 2 is 1.39 bits per heavy atom. The average Bonchev–Trinajstić information content (AvgIpc) is 3.57. The maximum absolute atomic E-state index is 6.60. The molecule has 0 radical (unpaired) electrons. The molecule has 172 valence electrons. The number of pyridine rings is 2. The molecule has 0 bridgehead atoms. The van der Waals surface area contributed by atoms with Crippen LogP contribution in [0, 0.1) is 0 Å². The predicted molar refractivity (Wildman–Crippen MR) is 145 cm³/mol. The van der Waals surface area contributed by atoms with Crippen molar-refractivity contribution < 1.29 is 8.83 Å². The Labute approximate surface area is 205 Å². The number of benzene rings is 3. The number of para-hydroxylation sites is 2. The first-order valence-electron chi connectivity index (χ1n) is 12.3. The van der Waals surface area contributed by atoms with Crippen molar-refractivity contribution in [2.24, 2.45) is 0 Å². The summed E-state index contributed by atoms with van der Waals surface area (Å²) >= 11 is 0. The zero-order valence-electron chi connectivity index (χ0n) is 19.7. The van der Waals surface area contributed by atoms with Crippen LogP contribution in [0.15, 0.2) is 94.0 Å². The van der Waals surface area contributed by atoms with E-state index in [1.165, 1.54) is 5.56 Å². The molecule has 36 heavy (non-hydrogen) atoms. The van der Waals surface area contributed by atoms with Crippen LogP contribution >= 0.6 is 0 Å². The van der Waals surface area contributed by atoms with Gasteiger partial charge >= 0.3 is 0 Å². The van der Waals surface area contributed by atoms with E-state index in [0.29, 0.717) is 0 Å². The standard InChI is InChI=1S/C31H21N3O2/c1-2-7-18-8-3-9-19-22-16-27-23(17-26(22)35-29(18)19)20-10-4-12-25(30(20)36-27)34-24-13-6-14-32-28(24)21-11-5-15-33-31(21)34/h3-6,8-17H,2,7H2,1H3. The first-order chi connectivity index (χ1) is 17.8. The Bertz CT molecular complexity index is 2070. The molecule has 5 heteroatoms. The molecule has 0 spiro atoms. The minimum absolute atomic E-state index is 0.824. The van der Waals surface area contributed by atoms with Gasteiger partial charge in [0.2, 0.25) is 0 Å². The highest BCUT2D eigenvalue weighted by atomic mass is 16.3. The largest absolute Gasteiger partial charge is 0.456 e. The minimum Gasteiger partial charge on any atom is -0.456 e. The predicted octanol–water partition coefficient (Wildman–Crippen LogP) is 8.33. The van der Waals surface area contributed by atoms with Crippen molar-refractivity contribution in [3.8, 4) is 5.69 Å². The van der Waals surface area contributed by atoms with E-state index >= 15 is 0 Å². The summed E-state index contributed by atoms with van der Waals surface area (Å²) in [6, 6.07) is 25.0. The summed E-state index contributed by atoms with van der Waals surface area (Å²) in [5, 5.41) is 5.33. The Morgan fingerprint density at radius 3 is 2.22 bits per heavy atom. The van der Waals surface area contributed by atoms with Crippen molar-refractivity contribution in [3.05, 3.63) is 90.8 Å². The average molecular weight is 468 g/mol. The summed E-state index contributed by atoms with van der Waals surface area (Å²) in [7, 11) is 0. The third-order valence-electron chi connectivity index (χ3n) is 7.22. The van der Waals surface area contributed by atoms with Crippen molar-refractivity contribution in [2.45, 2.75) is 19.8 Å². The maximum atomic E-state index is 6.60. The molecular formula is C31H21N3O2. The van der Waals surface area contributed by atoms with E-state index < -0.39 is 0 Å². The first-order valence-corrected chi connectivity index (χ1v) is 12.3. The molecule has 0 unspecified atom stereocenters. The van der Waals surface area contributed by atoms with Crippen LogP contribution in [0.2, 0.25) is 0 Å². The number of nitrogens with zero attached hydrogens (tertiary/aromatic N) is 3. The summed E-state index contributed by atoms with van der Waals surface area (Å²) in [6.07, 6.45) is 5.73. The van der Waals surface area contributed by atoms with E-state index in [2.05, 4.69) is 77.1 Å². The van der Waals surface area contributed by atoms with Crippen LogP contribution < -0.4 is 0 Å². The monoisotopic (exact) mass is 467 g/mol. The molecule has 5 heterocycles. The topological polar surface area (TPSA) is 57.0 Å². The second-order valence-electron chi connectivity index (χ2n) is 9.33. The molecule has 8 aromatic rings. The number of hydrogen-bond acceptors (Lipinski definition) is 4. The molecule has 0 amide bonds. The van der Waals surface area contributed by atoms with E-state index in [4.69, 9.17) is 13.8 Å². The Hall–Kier alpha value is -4.64. The first kappa shape index (κ1) is 19.6. The fourth-order valence-corrected chi connectivity index (χ4v) is 5.68. The lowest BCUT2D eigenvalue weighted by Gasteiger charge is -2.07. The van der Waals surface area contributed by atoms with E-state index in [1.807, 2.05) is 24.5 Å². The highest BCUT2D eigenvalue weighted by molar-refractivity contribution is 6.16. The fraction of sp³-hybridized carbons (Fsp3) is 0.0968. The normalized spacial score (nSPS) is 12.2. The van der Waals surface area contributed by atoms with Gasteiger partial charge in [0, 0.05) is 39.3 Å². The molecule has 5 nitrogen and oxygen atoms in total. The van der Waals surface area contributed by atoms with E-state index in [1.54, 1.807) is 0 Å². The van der Waals surface area contributed by atoms with Crippen molar-refractivity contribution >= 4 is 65.9 Å². The van der Waals surface area contributed by atoms with Gasteiger partial charge in [0.05, 0.1) is 16.7 Å². The van der Waals surface area contributed by atoms with Crippen LogP contribution in [0.25, 0.3) is 71.6 Å². The number of aromatic nitrogens is 3. The lowest BCUT2D eigenvalue weighted by molar-refractivity contribution is 0.658. The maximum Gasteiger partial charge on any atom is 0.159 e. The Kier molecular flexibility index (Phi) is 3.92. The molecule has 0 saturated heterocycles. The van der Waals surface area contributed by atoms with Gasteiger partial charge in [-0.2, -0.15) is 0 Å². The SMILES string of the molecule is CCCc1cccc2c1oc1cc3c(cc12)oc1c(-n2c4cccnc4c4cccnc42)cccc13. The van der Waals surface area contributed by atoms with Crippen LogP contribution in [0.1, 0.15) is 18.9 Å². The van der Waals surface area contributed by atoms with Crippen molar-refractivity contribution in [2.75, 3.05) is 0 Å². The second kappa shape index (κ2) is 7.18.